The van der Waals surface area contributed by atoms with Gasteiger partial charge in [0.1, 0.15) is 0 Å². The molecule has 0 saturated heterocycles. The third-order valence-electron chi connectivity index (χ3n) is 2.79. The van der Waals surface area contributed by atoms with Crippen LogP contribution in [0.4, 0.5) is 5.69 Å². The molecular weight excluding hydrogens is 200 g/mol. The molecule has 90 valence electrons. The van der Waals surface area contributed by atoms with E-state index in [1.165, 1.54) is 5.56 Å². The lowest BCUT2D eigenvalue weighted by atomic mass is 9.88. The molecule has 1 heterocycles. The zero-order valence-corrected chi connectivity index (χ0v) is 10.5. The van der Waals surface area contributed by atoms with Gasteiger partial charge in [-0.25, -0.2) is 0 Å². The molecule has 0 aliphatic heterocycles. The molecule has 1 aromatic rings. The number of aryl methyl sites for hydroxylation is 1. The molecule has 0 saturated carbocycles. The lowest BCUT2D eigenvalue weighted by Gasteiger charge is -2.25. The highest BCUT2D eigenvalue weighted by Crippen LogP contribution is 2.23. The van der Waals surface area contributed by atoms with Gasteiger partial charge >= 0.3 is 0 Å². The molecule has 0 radical (unpaired) electrons. The molecule has 3 nitrogen and oxygen atoms in total. The first-order chi connectivity index (χ1) is 7.55. The van der Waals surface area contributed by atoms with Crippen LogP contribution in [0.25, 0.3) is 0 Å². The minimum absolute atomic E-state index is 0.207. The molecule has 3 heteroatoms. The van der Waals surface area contributed by atoms with Crippen molar-refractivity contribution in [3.8, 4) is 0 Å². The van der Waals surface area contributed by atoms with Crippen LogP contribution >= 0.6 is 0 Å². The fourth-order valence-corrected chi connectivity index (χ4v) is 1.65. The Hall–Kier alpha value is -1.09. The van der Waals surface area contributed by atoms with Gasteiger partial charge in [0.25, 0.3) is 0 Å². The minimum atomic E-state index is 0.207. The number of aliphatic hydroxyl groups excluding tert-OH is 1. The fraction of sp³-hybridized carbons (Fsp3) is 0.615. The van der Waals surface area contributed by atoms with E-state index in [1.54, 1.807) is 6.20 Å². The minimum Gasteiger partial charge on any atom is -0.396 e. The van der Waals surface area contributed by atoms with Crippen molar-refractivity contribution in [3.05, 3.63) is 24.0 Å². The molecular formula is C13H22N2O. The summed E-state index contributed by atoms with van der Waals surface area (Å²) in [6, 6.07) is 2.00. The highest BCUT2D eigenvalue weighted by atomic mass is 16.2. The normalized spacial score (nSPS) is 11.5. The average Bonchev–Trinajstić information content (AvgIpc) is 2.26. The van der Waals surface area contributed by atoms with E-state index in [0.29, 0.717) is 0 Å². The zero-order valence-electron chi connectivity index (χ0n) is 10.5. The van der Waals surface area contributed by atoms with Crippen LogP contribution < -0.4 is 5.32 Å². The van der Waals surface area contributed by atoms with Gasteiger partial charge in [0.2, 0.25) is 0 Å². The van der Waals surface area contributed by atoms with Crippen LogP contribution in [0.3, 0.4) is 0 Å². The number of hydrogen-bond acceptors (Lipinski definition) is 3. The number of aliphatic hydroxyl groups is 1. The molecule has 0 atom stereocenters. The van der Waals surface area contributed by atoms with Crippen molar-refractivity contribution in [2.75, 3.05) is 18.5 Å². The van der Waals surface area contributed by atoms with E-state index >= 15 is 0 Å². The predicted molar refractivity (Wildman–Crippen MR) is 67.6 cm³/mol. The van der Waals surface area contributed by atoms with Gasteiger partial charge in [-0.3, -0.25) is 4.98 Å². The zero-order chi connectivity index (χ0) is 12.0. The maximum atomic E-state index is 8.83. The van der Waals surface area contributed by atoms with Gasteiger partial charge in [-0.1, -0.05) is 13.8 Å². The molecule has 0 spiro atoms. The summed E-state index contributed by atoms with van der Waals surface area (Å²) in [5.74, 6) is 0. The molecule has 0 aliphatic rings. The topological polar surface area (TPSA) is 45.2 Å². The largest absolute Gasteiger partial charge is 0.396 e. The van der Waals surface area contributed by atoms with Crippen LogP contribution in [-0.4, -0.2) is 23.2 Å². The molecule has 1 aromatic heterocycles. The number of nitrogens with zero attached hydrogens (tertiary/aromatic N) is 1. The monoisotopic (exact) mass is 222 g/mol. The summed E-state index contributed by atoms with van der Waals surface area (Å²) >= 11 is 0. The predicted octanol–water partition coefficient (Wildman–Crippen LogP) is 2.60. The molecule has 0 bridgehead atoms. The van der Waals surface area contributed by atoms with Gasteiger partial charge in [-0.05, 0) is 36.8 Å². The Balaban J connectivity index is 2.47. The Morgan fingerprint density at radius 1 is 1.44 bits per heavy atom. The summed E-state index contributed by atoms with van der Waals surface area (Å²) in [6.45, 7) is 7.67. The van der Waals surface area contributed by atoms with E-state index in [-0.39, 0.29) is 12.0 Å². The van der Waals surface area contributed by atoms with E-state index in [1.807, 2.05) is 12.3 Å². The van der Waals surface area contributed by atoms with Gasteiger partial charge in [0, 0.05) is 31.2 Å². The maximum absolute atomic E-state index is 8.83. The lowest BCUT2D eigenvalue weighted by Crippen LogP contribution is -2.23. The molecule has 0 amide bonds. The van der Waals surface area contributed by atoms with Crippen molar-refractivity contribution in [3.63, 3.8) is 0 Å². The molecule has 1 rings (SSSR count). The Morgan fingerprint density at radius 3 is 2.81 bits per heavy atom. The van der Waals surface area contributed by atoms with Crippen molar-refractivity contribution in [2.45, 2.75) is 33.6 Å². The van der Waals surface area contributed by atoms with Crippen LogP contribution in [0.5, 0.6) is 0 Å². The number of rotatable bonds is 6. The second kappa shape index (κ2) is 5.85. The Labute approximate surface area is 97.9 Å². The van der Waals surface area contributed by atoms with Crippen LogP contribution in [0.2, 0.25) is 0 Å². The van der Waals surface area contributed by atoms with Gasteiger partial charge < -0.3 is 10.4 Å². The molecule has 16 heavy (non-hydrogen) atoms. The van der Waals surface area contributed by atoms with Gasteiger partial charge in [0.15, 0.2) is 0 Å². The van der Waals surface area contributed by atoms with Crippen molar-refractivity contribution in [2.24, 2.45) is 5.41 Å². The van der Waals surface area contributed by atoms with E-state index in [0.717, 1.165) is 25.1 Å². The smallest absolute Gasteiger partial charge is 0.0431 e. The number of hydrogen-bond donors (Lipinski definition) is 2. The molecule has 2 N–H and O–H groups in total. The van der Waals surface area contributed by atoms with Crippen molar-refractivity contribution < 1.29 is 5.11 Å². The third-order valence-corrected chi connectivity index (χ3v) is 2.79. The summed E-state index contributed by atoms with van der Waals surface area (Å²) in [4.78, 5) is 4.07. The SMILES string of the molecule is Cc1cnccc1NCC(C)(C)CCCO. The standard InChI is InChI=1S/C13H22N2O/c1-11-9-14-7-5-12(11)15-10-13(2,3)6-4-8-16/h5,7,9,16H,4,6,8,10H2,1-3H3,(H,14,15). The first kappa shape index (κ1) is 13.0. The quantitative estimate of drug-likeness (QED) is 0.777. The van der Waals surface area contributed by atoms with Crippen molar-refractivity contribution >= 4 is 5.69 Å². The number of nitrogens with one attached hydrogen (secondary N) is 1. The Bertz CT molecular complexity index is 323. The molecule has 0 aromatic carbocycles. The van der Waals surface area contributed by atoms with Crippen LogP contribution in [-0.2, 0) is 0 Å². The first-order valence-electron chi connectivity index (χ1n) is 5.80. The highest BCUT2D eigenvalue weighted by Gasteiger charge is 2.17. The first-order valence-corrected chi connectivity index (χ1v) is 5.80. The van der Waals surface area contributed by atoms with Crippen molar-refractivity contribution in [1.82, 2.24) is 4.98 Å². The van der Waals surface area contributed by atoms with Crippen LogP contribution in [0, 0.1) is 12.3 Å². The molecule has 0 aliphatic carbocycles. The summed E-state index contributed by atoms with van der Waals surface area (Å²) < 4.78 is 0. The van der Waals surface area contributed by atoms with E-state index in [4.69, 9.17) is 5.11 Å². The summed E-state index contributed by atoms with van der Waals surface area (Å²) in [6.07, 6.45) is 5.56. The Morgan fingerprint density at radius 2 is 2.19 bits per heavy atom. The van der Waals surface area contributed by atoms with Crippen molar-refractivity contribution in [1.29, 1.82) is 0 Å². The van der Waals surface area contributed by atoms with Crippen LogP contribution in [0.15, 0.2) is 18.5 Å². The summed E-state index contributed by atoms with van der Waals surface area (Å²) in [5.41, 5.74) is 2.52. The van der Waals surface area contributed by atoms with Gasteiger partial charge in [0.05, 0.1) is 0 Å². The maximum Gasteiger partial charge on any atom is 0.0431 e. The Kier molecular flexibility index (Phi) is 4.74. The van der Waals surface area contributed by atoms with Crippen LogP contribution in [0.1, 0.15) is 32.3 Å². The van der Waals surface area contributed by atoms with E-state index in [2.05, 4.69) is 31.1 Å². The molecule has 0 unspecified atom stereocenters. The lowest BCUT2D eigenvalue weighted by molar-refractivity contribution is 0.248. The van der Waals surface area contributed by atoms with E-state index < -0.39 is 0 Å². The number of aromatic nitrogens is 1. The van der Waals surface area contributed by atoms with Gasteiger partial charge in [-0.2, -0.15) is 0 Å². The second-order valence-corrected chi connectivity index (χ2v) is 5.04. The summed E-state index contributed by atoms with van der Waals surface area (Å²) in [7, 11) is 0. The third kappa shape index (κ3) is 4.19. The highest BCUT2D eigenvalue weighted by molar-refractivity contribution is 5.48. The fourth-order valence-electron chi connectivity index (χ4n) is 1.65. The summed E-state index contributed by atoms with van der Waals surface area (Å²) in [5, 5.41) is 12.3. The second-order valence-electron chi connectivity index (χ2n) is 5.04. The number of anilines is 1. The molecule has 0 fully saturated rings. The van der Waals surface area contributed by atoms with Gasteiger partial charge in [-0.15, -0.1) is 0 Å². The van der Waals surface area contributed by atoms with E-state index in [9.17, 15) is 0 Å². The average molecular weight is 222 g/mol. The number of pyridine rings is 1.